The number of phenols is 1. The first-order valence-electron chi connectivity index (χ1n) is 25.1. The van der Waals surface area contributed by atoms with Crippen LogP contribution in [0.2, 0.25) is 0 Å². The highest BCUT2D eigenvalue weighted by Gasteiger charge is 2.14. The number of hydrogen-bond donors (Lipinski definition) is 8. The fourth-order valence-electron chi connectivity index (χ4n) is 7.81. The zero-order chi connectivity index (χ0) is 55.0. The SMILES string of the molecule is COc1cccc(CCc2ccccc2OCC(O)CN(C=N)C=N)c1.COc1cccc(CCc2ccccc2OC[C@H](O)CN(C=N)C=N)c1.Oc1cccc(CCc2ccccc2OC[C@@H](O)Cn2cnnc2)c1. The number of aromatic hydroxyl groups is 1. The fourth-order valence-corrected chi connectivity index (χ4v) is 7.81. The lowest BCUT2D eigenvalue weighted by atomic mass is 10.0. The third kappa shape index (κ3) is 21.7. The van der Waals surface area contributed by atoms with Crippen molar-refractivity contribution in [2.75, 3.05) is 47.1 Å². The summed E-state index contributed by atoms with van der Waals surface area (Å²) in [5, 5.41) is 75.6. The molecule has 18 nitrogen and oxygen atoms in total. The van der Waals surface area contributed by atoms with Crippen LogP contribution in [-0.2, 0) is 45.1 Å². The van der Waals surface area contributed by atoms with Crippen molar-refractivity contribution < 1.29 is 44.1 Å². The molecule has 8 N–H and O–H groups in total. The lowest BCUT2D eigenvalue weighted by Crippen LogP contribution is -2.33. The van der Waals surface area contributed by atoms with E-state index in [1.165, 1.54) is 20.9 Å². The van der Waals surface area contributed by atoms with Crippen LogP contribution >= 0.6 is 0 Å². The molecule has 0 bridgehead atoms. The Morgan fingerprint density at radius 1 is 0.468 bits per heavy atom. The van der Waals surface area contributed by atoms with Crippen molar-refractivity contribution in [2.24, 2.45) is 0 Å². The van der Waals surface area contributed by atoms with Crippen LogP contribution in [0.1, 0.15) is 33.4 Å². The van der Waals surface area contributed by atoms with Gasteiger partial charge >= 0.3 is 0 Å². The van der Waals surface area contributed by atoms with Gasteiger partial charge in [0, 0.05) is 0 Å². The molecule has 77 heavy (non-hydrogen) atoms. The van der Waals surface area contributed by atoms with E-state index < -0.39 is 18.3 Å². The van der Waals surface area contributed by atoms with Crippen LogP contribution < -0.4 is 23.7 Å². The molecular formula is C59H71N9O9. The lowest BCUT2D eigenvalue weighted by molar-refractivity contribution is 0.0919. The smallest absolute Gasteiger partial charge is 0.122 e. The first-order chi connectivity index (χ1) is 37.5. The number of hydrogen-bond acceptors (Lipinski definition) is 15. The standard InChI is InChI=1S/2C20H25N3O3.C19H21N3O3/c2*1-25-19-7-4-5-16(11-19)9-10-17-6-2-3-8-20(17)26-13-18(24)12-23(14-21)15-22;23-17-6-3-4-15(10-17)8-9-16-5-1-2-7-19(16)25-12-18(24)11-22-13-20-21-14-22/h2*2-8,11,14-15,18,21-22,24H,9-10,12-13H2,1H3;1-7,10,13-14,18,23-24H,8-9,11-12H2/t18-;;18-/m1.0/s1. The number of aromatic nitrogens is 3. The van der Waals surface area contributed by atoms with Crippen LogP contribution in [0, 0.1) is 21.6 Å². The van der Waals surface area contributed by atoms with Gasteiger partial charge in [-0.05, 0) is 127 Å². The van der Waals surface area contributed by atoms with E-state index in [1.54, 1.807) is 43.6 Å². The summed E-state index contributed by atoms with van der Waals surface area (Å²) >= 11 is 0. The summed E-state index contributed by atoms with van der Waals surface area (Å²) in [5.41, 5.74) is 6.65. The van der Waals surface area contributed by atoms with Gasteiger partial charge in [-0.3, -0.25) is 21.6 Å². The van der Waals surface area contributed by atoms with Crippen molar-refractivity contribution in [3.63, 3.8) is 0 Å². The predicted octanol–water partition coefficient (Wildman–Crippen LogP) is 7.68. The molecule has 0 radical (unpaired) electrons. The largest absolute Gasteiger partial charge is 0.508 e. The second-order valence-corrected chi connectivity index (χ2v) is 17.7. The van der Waals surface area contributed by atoms with Crippen LogP contribution in [0.5, 0.6) is 34.5 Å². The summed E-state index contributed by atoms with van der Waals surface area (Å²) in [5.74, 6) is 4.22. The Morgan fingerprint density at radius 3 is 1.21 bits per heavy atom. The minimum atomic E-state index is -0.787. The third-order valence-electron chi connectivity index (χ3n) is 11.8. The Morgan fingerprint density at radius 2 is 0.831 bits per heavy atom. The maximum Gasteiger partial charge on any atom is 0.122 e. The number of benzene rings is 6. The molecule has 1 unspecified atom stereocenters. The number of aliphatic hydroxyl groups is 3. The number of methoxy groups -OCH3 is 2. The molecule has 1 heterocycles. The minimum Gasteiger partial charge on any atom is -0.508 e. The van der Waals surface area contributed by atoms with Gasteiger partial charge in [0.15, 0.2) is 0 Å². The molecule has 0 aliphatic rings. The van der Waals surface area contributed by atoms with Gasteiger partial charge in [-0.15, -0.1) is 10.2 Å². The molecule has 0 fully saturated rings. The van der Waals surface area contributed by atoms with Crippen molar-refractivity contribution in [1.82, 2.24) is 24.6 Å². The number of nitrogens with zero attached hydrogens (tertiary/aromatic N) is 5. The molecule has 0 saturated heterocycles. The van der Waals surface area contributed by atoms with E-state index in [2.05, 4.69) is 22.3 Å². The number of ether oxygens (including phenoxy) is 5. The van der Waals surface area contributed by atoms with E-state index in [0.717, 1.165) is 115 Å². The molecule has 7 rings (SSSR count). The van der Waals surface area contributed by atoms with Gasteiger partial charge in [0.25, 0.3) is 0 Å². The summed E-state index contributed by atoms with van der Waals surface area (Å²) in [6.45, 7) is 1.10. The van der Waals surface area contributed by atoms with Gasteiger partial charge in [-0.1, -0.05) is 91.0 Å². The molecule has 0 amide bonds. The third-order valence-corrected chi connectivity index (χ3v) is 11.8. The lowest BCUT2D eigenvalue weighted by Gasteiger charge is -2.19. The number of nitrogens with one attached hydrogen (secondary N) is 4. The zero-order valence-electron chi connectivity index (χ0n) is 43.6. The maximum absolute atomic E-state index is 10.1. The highest BCUT2D eigenvalue weighted by Crippen LogP contribution is 2.25. The summed E-state index contributed by atoms with van der Waals surface area (Å²) < 4.78 is 29.6. The monoisotopic (exact) mass is 1050 g/mol. The second-order valence-electron chi connectivity index (χ2n) is 17.7. The molecule has 0 saturated carbocycles. The Hall–Kier alpha value is -8.58. The summed E-state index contributed by atoms with van der Waals surface area (Å²) in [6, 6.07) is 46.6. The fraction of sp³-hybridized carbons (Fsp3) is 0.288. The molecule has 0 aliphatic carbocycles. The average Bonchev–Trinajstić information content (AvgIpc) is 3.98. The molecule has 3 atom stereocenters. The number of phenolic OH excluding ortho intramolecular Hbond substituents is 1. The number of para-hydroxylation sites is 3. The van der Waals surface area contributed by atoms with Crippen molar-refractivity contribution in [2.45, 2.75) is 63.4 Å². The van der Waals surface area contributed by atoms with E-state index in [4.69, 9.17) is 45.3 Å². The number of rotatable bonds is 30. The Labute approximate surface area is 450 Å². The minimum absolute atomic E-state index is 0.106. The maximum atomic E-state index is 10.1. The Balaban J connectivity index is 0.000000213. The van der Waals surface area contributed by atoms with Gasteiger partial charge in [0.05, 0.1) is 59.2 Å². The van der Waals surface area contributed by atoms with Crippen molar-refractivity contribution in [3.05, 3.63) is 192 Å². The van der Waals surface area contributed by atoms with Crippen LogP contribution in [0.15, 0.2) is 158 Å². The zero-order valence-corrected chi connectivity index (χ0v) is 43.6. The van der Waals surface area contributed by atoms with Gasteiger partial charge in [-0.2, -0.15) is 0 Å². The molecule has 7 aromatic rings. The van der Waals surface area contributed by atoms with Gasteiger partial charge in [0.2, 0.25) is 0 Å². The molecule has 6 aromatic carbocycles. The summed E-state index contributed by atoms with van der Waals surface area (Å²) in [6.07, 6.45) is 9.83. The van der Waals surface area contributed by atoms with Crippen LogP contribution in [-0.4, -0.2) is 136 Å². The molecular weight excluding hydrogens is 979 g/mol. The molecule has 0 spiro atoms. The van der Waals surface area contributed by atoms with E-state index >= 15 is 0 Å². The van der Waals surface area contributed by atoms with Gasteiger partial charge in [-0.25, -0.2) is 0 Å². The second kappa shape index (κ2) is 33.4. The van der Waals surface area contributed by atoms with Crippen LogP contribution in [0.25, 0.3) is 0 Å². The van der Waals surface area contributed by atoms with E-state index in [-0.39, 0.29) is 38.7 Å². The number of aryl methyl sites for hydroxylation is 6. The van der Waals surface area contributed by atoms with E-state index in [9.17, 15) is 20.4 Å². The normalized spacial score (nSPS) is 11.6. The number of aliphatic hydroxyl groups excluding tert-OH is 3. The average molecular weight is 1050 g/mol. The summed E-state index contributed by atoms with van der Waals surface area (Å²) in [7, 11) is 3.32. The van der Waals surface area contributed by atoms with Crippen LogP contribution in [0.4, 0.5) is 0 Å². The van der Waals surface area contributed by atoms with Crippen molar-refractivity contribution in [1.29, 1.82) is 21.6 Å². The van der Waals surface area contributed by atoms with Gasteiger partial charge < -0.3 is 58.5 Å². The van der Waals surface area contributed by atoms with E-state index in [0.29, 0.717) is 6.54 Å². The van der Waals surface area contributed by atoms with Crippen molar-refractivity contribution >= 4 is 25.4 Å². The van der Waals surface area contributed by atoms with Crippen molar-refractivity contribution in [3.8, 4) is 34.5 Å². The quantitative estimate of drug-likeness (QED) is 0.0159. The van der Waals surface area contributed by atoms with E-state index in [1.807, 2.05) is 121 Å². The molecule has 0 aliphatic heterocycles. The first-order valence-corrected chi connectivity index (χ1v) is 25.1. The van der Waals surface area contributed by atoms with Gasteiger partial charge in [0.1, 0.15) is 85.3 Å². The van der Waals surface area contributed by atoms with Crippen LogP contribution in [0.3, 0.4) is 0 Å². The topological polar surface area (TPSA) is 260 Å². The molecule has 18 heteroatoms. The Kier molecular flexibility index (Phi) is 25.7. The summed E-state index contributed by atoms with van der Waals surface area (Å²) in [4.78, 5) is 2.56. The molecule has 1 aromatic heterocycles. The predicted molar refractivity (Wildman–Crippen MR) is 299 cm³/mol. The highest BCUT2D eigenvalue weighted by atomic mass is 16.5. The molecule has 406 valence electrons. The first kappa shape index (κ1) is 59.3. The Bertz CT molecular complexity index is 2700. The highest BCUT2D eigenvalue weighted by molar-refractivity contribution is 5.72.